The van der Waals surface area contributed by atoms with Crippen LogP contribution in [0.25, 0.3) is 11.3 Å². The summed E-state index contributed by atoms with van der Waals surface area (Å²) in [4.78, 5) is 23.0. The van der Waals surface area contributed by atoms with Gasteiger partial charge in [0, 0.05) is 38.8 Å². The third-order valence-electron chi connectivity index (χ3n) is 5.33. The van der Waals surface area contributed by atoms with Crippen LogP contribution >= 0.6 is 23.4 Å². The topological polar surface area (TPSA) is 51.0 Å². The summed E-state index contributed by atoms with van der Waals surface area (Å²) in [5.41, 5.74) is 3.22. The molecule has 150 valence electrons. The Bertz CT molecular complexity index is 1040. The smallest absolute Gasteiger partial charge is 0.225 e. The first-order valence-electron chi connectivity index (χ1n) is 9.49. The number of benzene rings is 1. The summed E-state index contributed by atoms with van der Waals surface area (Å²) in [5.74, 6) is 1.61. The van der Waals surface area contributed by atoms with Crippen molar-refractivity contribution in [3.63, 3.8) is 0 Å². The molecule has 1 amide bonds. The van der Waals surface area contributed by atoms with Crippen LogP contribution in [-0.2, 0) is 11.8 Å². The first-order chi connectivity index (χ1) is 13.8. The number of pyridine rings is 1. The van der Waals surface area contributed by atoms with E-state index in [-0.39, 0.29) is 11.8 Å². The molecule has 0 bridgehead atoms. The van der Waals surface area contributed by atoms with Crippen LogP contribution in [0.2, 0.25) is 5.02 Å². The Kier molecular flexibility index (Phi) is 5.40. The monoisotopic (exact) mass is 426 g/mol. The molecule has 0 aliphatic heterocycles. The van der Waals surface area contributed by atoms with Crippen LogP contribution in [0.15, 0.2) is 52.6 Å². The molecule has 2 atom stereocenters. The quantitative estimate of drug-likeness (QED) is 0.588. The number of halogens is 1. The first-order valence-corrected chi connectivity index (χ1v) is 10.7. The van der Waals surface area contributed by atoms with E-state index in [1.54, 1.807) is 22.9 Å². The van der Waals surface area contributed by atoms with Gasteiger partial charge in [0.1, 0.15) is 21.6 Å². The SMILES string of the molecule is Cc1nc(-c2ccc([C@@H]3C[C@H]3C(=O)N(C)C)cc2)c(Sc2ccc(Cl)cn2)n1C. The molecule has 3 aromatic rings. The van der Waals surface area contributed by atoms with Crippen molar-refractivity contribution in [1.29, 1.82) is 0 Å². The van der Waals surface area contributed by atoms with Crippen LogP contribution in [0, 0.1) is 12.8 Å². The summed E-state index contributed by atoms with van der Waals surface area (Å²) in [6.45, 7) is 2.00. The molecule has 1 saturated carbocycles. The summed E-state index contributed by atoms with van der Waals surface area (Å²) in [5, 5.41) is 2.54. The van der Waals surface area contributed by atoms with Crippen LogP contribution in [0.3, 0.4) is 0 Å². The fraction of sp³-hybridized carbons (Fsp3) is 0.318. The third kappa shape index (κ3) is 4.05. The minimum Gasteiger partial charge on any atom is -0.349 e. The molecule has 2 aromatic heterocycles. The number of hydrogen-bond donors (Lipinski definition) is 0. The minimum atomic E-state index is 0.120. The van der Waals surface area contributed by atoms with Crippen molar-refractivity contribution >= 4 is 29.3 Å². The average molecular weight is 427 g/mol. The predicted molar refractivity (Wildman–Crippen MR) is 116 cm³/mol. The molecule has 1 aliphatic carbocycles. The summed E-state index contributed by atoms with van der Waals surface area (Å²) < 4.78 is 2.08. The lowest BCUT2D eigenvalue weighted by molar-refractivity contribution is -0.130. The molecule has 2 heterocycles. The Morgan fingerprint density at radius 1 is 1.21 bits per heavy atom. The fourth-order valence-electron chi connectivity index (χ4n) is 3.47. The number of nitrogens with zero attached hydrogens (tertiary/aromatic N) is 4. The van der Waals surface area contributed by atoms with E-state index in [2.05, 4.69) is 33.8 Å². The number of amides is 1. The van der Waals surface area contributed by atoms with Gasteiger partial charge < -0.3 is 9.47 Å². The maximum absolute atomic E-state index is 12.2. The molecule has 1 fully saturated rings. The summed E-state index contributed by atoms with van der Waals surface area (Å²) in [6.07, 6.45) is 2.59. The Labute approximate surface area is 180 Å². The minimum absolute atomic E-state index is 0.120. The van der Waals surface area contributed by atoms with E-state index < -0.39 is 0 Å². The molecule has 5 nitrogen and oxygen atoms in total. The van der Waals surface area contributed by atoms with Gasteiger partial charge in [-0.15, -0.1) is 0 Å². The number of rotatable bonds is 5. The van der Waals surface area contributed by atoms with E-state index >= 15 is 0 Å². The normalized spacial score (nSPS) is 18.0. The molecule has 1 aliphatic rings. The molecule has 29 heavy (non-hydrogen) atoms. The highest BCUT2D eigenvalue weighted by Crippen LogP contribution is 2.48. The molecule has 0 spiro atoms. The van der Waals surface area contributed by atoms with Crippen LogP contribution in [0.5, 0.6) is 0 Å². The van der Waals surface area contributed by atoms with E-state index in [4.69, 9.17) is 16.6 Å². The van der Waals surface area contributed by atoms with E-state index in [1.165, 1.54) is 5.56 Å². The number of carbonyl (C=O) groups excluding carboxylic acids is 1. The second-order valence-corrected chi connectivity index (χ2v) is 9.04. The standard InChI is InChI=1S/C22H23ClN4OS/c1-13-25-20(22(27(13)4)29-19-10-9-16(23)12-24-19)15-7-5-14(6-8-15)17-11-18(17)21(28)26(2)3/h5-10,12,17-18H,11H2,1-4H3/t17-,18+/m0/s1. The predicted octanol–water partition coefficient (Wildman–Crippen LogP) is 4.79. The second kappa shape index (κ2) is 7.84. The maximum atomic E-state index is 12.2. The van der Waals surface area contributed by atoms with E-state index in [0.29, 0.717) is 10.9 Å². The van der Waals surface area contributed by atoms with Crippen molar-refractivity contribution < 1.29 is 4.79 Å². The van der Waals surface area contributed by atoms with Gasteiger partial charge in [-0.2, -0.15) is 0 Å². The second-order valence-electron chi connectivity index (χ2n) is 7.59. The molecule has 0 N–H and O–H groups in total. The van der Waals surface area contributed by atoms with Gasteiger partial charge in [-0.1, -0.05) is 35.9 Å². The van der Waals surface area contributed by atoms with Crippen molar-refractivity contribution in [2.75, 3.05) is 14.1 Å². The van der Waals surface area contributed by atoms with Crippen molar-refractivity contribution in [3.05, 3.63) is 59.0 Å². The highest BCUT2D eigenvalue weighted by atomic mass is 35.5. The van der Waals surface area contributed by atoms with Gasteiger partial charge in [0.15, 0.2) is 0 Å². The van der Waals surface area contributed by atoms with Gasteiger partial charge in [-0.05, 0) is 48.7 Å². The lowest BCUT2D eigenvalue weighted by atomic mass is 10.0. The molecule has 1 aromatic carbocycles. The van der Waals surface area contributed by atoms with Crippen LogP contribution in [-0.4, -0.2) is 39.4 Å². The van der Waals surface area contributed by atoms with Gasteiger partial charge in [0.25, 0.3) is 0 Å². The summed E-state index contributed by atoms with van der Waals surface area (Å²) in [7, 11) is 5.65. The van der Waals surface area contributed by atoms with Gasteiger partial charge in [0.05, 0.1) is 5.02 Å². The van der Waals surface area contributed by atoms with Crippen LogP contribution < -0.4 is 0 Å². The van der Waals surface area contributed by atoms with Gasteiger partial charge in [-0.3, -0.25) is 4.79 Å². The summed E-state index contributed by atoms with van der Waals surface area (Å²) >= 11 is 7.53. The number of hydrogen-bond acceptors (Lipinski definition) is 4. The van der Waals surface area contributed by atoms with Gasteiger partial charge >= 0.3 is 0 Å². The lowest BCUT2D eigenvalue weighted by Gasteiger charge is -2.10. The van der Waals surface area contributed by atoms with Gasteiger partial charge in [-0.25, -0.2) is 9.97 Å². The molecule has 0 saturated heterocycles. The lowest BCUT2D eigenvalue weighted by Crippen LogP contribution is -2.23. The van der Waals surface area contributed by atoms with Crippen molar-refractivity contribution in [2.45, 2.75) is 29.3 Å². The highest BCUT2D eigenvalue weighted by molar-refractivity contribution is 7.99. The average Bonchev–Trinajstić information content (AvgIpc) is 3.46. The number of aromatic nitrogens is 3. The van der Waals surface area contributed by atoms with E-state index in [1.807, 2.05) is 40.2 Å². The zero-order valence-electron chi connectivity index (χ0n) is 16.9. The van der Waals surface area contributed by atoms with Crippen LogP contribution in [0.1, 0.15) is 23.7 Å². The number of carbonyl (C=O) groups is 1. The zero-order chi connectivity index (χ0) is 20.7. The zero-order valence-corrected chi connectivity index (χ0v) is 18.5. The van der Waals surface area contributed by atoms with Gasteiger partial charge in [0.2, 0.25) is 5.91 Å². The third-order valence-corrected chi connectivity index (χ3v) is 6.66. The molecule has 0 unspecified atom stereocenters. The van der Waals surface area contributed by atoms with Crippen LogP contribution in [0.4, 0.5) is 0 Å². The molecule has 0 radical (unpaired) electrons. The van der Waals surface area contributed by atoms with Crippen molar-refractivity contribution in [3.8, 4) is 11.3 Å². The first kappa shape index (κ1) is 20.0. The molecular weight excluding hydrogens is 404 g/mol. The summed E-state index contributed by atoms with van der Waals surface area (Å²) in [6, 6.07) is 12.2. The van der Waals surface area contributed by atoms with E-state index in [9.17, 15) is 4.79 Å². The molecule has 7 heteroatoms. The number of imidazole rings is 1. The Morgan fingerprint density at radius 3 is 2.55 bits per heavy atom. The molecular formula is C22H23ClN4OS. The maximum Gasteiger partial charge on any atom is 0.225 e. The Hall–Kier alpha value is -2.31. The molecule has 4 rings (SSSR count). The highest BCUT2D eigenvalue weighted by Gasteiger charge is 2.44. The number of aryl methyl sites for hydroxylation is 1. The van der Waals surface area contributed by atoms with E-state index in [0.717, 1.165) is 33.6 Å². The fourth-order valence-corrected chi connectivity index (χ4v) is 4.55. The Morgan fingerprint density at radius 2 is 1.93 bits per heavy atom. The Balaban J connectivity index is 1.58. The largest absolute Gasteiger partial charge is 0.349 e. The van der Waals surface area contributed by atoms with Crippen molar-refractivity contribution in [2.24, 2.45) is 13.0 Å². The van der Waals surface area contributed by atoms with Crippen molar-refractivity contribution in [1.82, 2.24) is 19.4 Å².